The monoisotopic (exact) mass is 506 g/mol. The summed E-state index contributed by atoms with van der Waals surface area (Å²) in [5.41, 5.74) is -2.54. The molecular weight excluding hydrogens is 472 g/mol. The summed E-state index contributed by atoms with van der Waals surface area (Å²) in [6.07, 6.45) is -0.0457. The maximum atomic E-state index is 13.7. The van der Waals surface area contributed by atoms with Gasteiger partial charge in [-0.25, -0.2) is 14.4 Å². The summed E-state index contributed by atoms with van der Waals surface area (Å²) in [7, 11) is 1.29. The Hall–Kier alpha value is -3.45. The summed E-state index contributed by atoms with van der Waals surface area (Å²) in [5.74, 6) is -1.72. The van der Waals surface area contributed by atoms with Gasteiger partial charge in [0.25, 0.3) is 0 Å². The second-order valence-electron chi connectivity index (χ2n) is 10.5. The van der Waals surface area contributed by atoms with E-state index in [1.165, 1.54) is 7.11 Å². The highest BCUT2D eigenvalue weighted by Gasteiger charge is 2.71. The number of carbonyl (C=O) groups is 3. The van der Waals surface area contributed by atoms with Gasteiger partial charge < -0.3 is 18.9 Å². The maximum absolute atomic E-state index is 13.7. The number of carbonyl (C=O) groups excluding carboxylic acids is 3. The number of rotatable bonds is 5. The van der Waals surface area contributed by atoms with Gasteiger partial charge in [-0.3, -0.25) is 0 Å². The molecule has 2 aliphatic rings. The Morgan fingerprint density at radius 1 is 0.838 bits per heavy atom. The first-order chi connectivity index (χ1) is 17.5. The van der Waals surface area contributed by atoms with Crippen molar-refractivity contribution in [2.45, 2.75) is 69.9 Å². The molecule has 0 amide bonds. The van der Waals surface area contributed by atoms with Crippen LogP contribution in [-0.4, -0.2) is 48.4 Å². The molecule has 1 saturated carbocycles. The van der Waals surface area contributed by atoms with E-state index in [1.54, 1.807) is 55.5 Å². The molecule has 0 spiro atoms. The van der Waals surface area contributed by atoms with Crippen LogP contribution >= 0.6 is 0 Å². The average molecular weight is 507 g/mol. The van der Waals surface area contributed by atoms with E-state index < -0.39 is 46.7 Å². The smallest absolute Gasteiger partial charge is 0.343 e. The van der Waals surface area contributed by atoms with Crippen molar-refractivity contribution in [2.75, 3.05) is 7.11 Å². The van der Waals surface area contributed by atoms with Crippen molar-refractivity contribution in [1.29, 1.82) is 0 Å². The quantitative estimate of drug-likeness (QED) is 0.309. The van der Waals surface area contributed by atoms with E-state index in [9.17, 15) is 14.4 Å². The molecule has 7 nitrogen and oxygen atoms in total. The third-order valence-electron chi connectivity index (χ3n) is 7.73. The Morgan fingerprint density at radius 3 is 1.81 bits per heavy atom. The third kappa shape index (κ3) is 4.68. The fourth-order valence-electron chi connectivity index (χ4n) is 5.70. The zero-order valence-corrected chi connectivity index (χ0v) is 21.8. The molecule has 0 aromatic heterocycles. The van der Waals surface area contributed by atoms with E-state index >= 15 is 0 Å². The van der Waals surface area contributed by atoms with Gasteiger partial charge in [0, 0.05) is 0 Å². The number of hydrogen-bond acceptors (Lipinski definition) is 7. The molecule has 196 valence electrons. The van der Waals surface area contributed by atoms with Gasteiger partial charge in [-0.2, -0.15) is 0 Å². The summed E-state index contributed by atoms with van der Waals surface area (Å²) in [6, 6.07) is 17.3. The third-order valence-corrected chi connectivity index (χ3v) is 7.73. The summed E-state index contributed by atoms with van der Waals surface area (Å²) in [5, 5.41) is 0. The predicted molar refractivity (Wildman–Crippen MR) is 137 cm³/mol. The first kappa shape index (κ1) is 26.6. The fourth-order valence-corrected chi connectivity index (χ4v) is 5.70. The summed E-state index contributed by atoms with van der Waals surface area (Å²) >= 11 is 0. The number of methoxy groups -OCH3 is 1. The highest BCUT2D eigenvalue weighted by molar-refractivity contribution is 5.91. The summed E-state index contributed by atoms with van der Waals surface area (Å²) in [4.78, 5) is 40.2. The van der Waals surface area contributed by atoms with Crippen molar-refractivity contribution in [2.24, 2.45) is 5.41 Å². The van der Waals surface area contributed by atoms with Crippen LogP contribution in [0.5, 0.6) is 0 Å². The van der Waals surface area contributed by atoms with Crippen LogP contribution in [0.25, 0.3) is 0 Å². The molecular formula is C30H34O7. The van der Waals surface area contributed by atoms with E-state index in [-0.39, 0.29) is 0 Å². The molecule has 2 aromatic rings. The van der Waals surface area contributed by atoms with Crippen LogP contribution in [-0.2, 0) is 23.7 Å². The Kier molecular flexibility index (Phi) is 7.29. The predicted octanol–water partition coefficient (Wildman–Crippen LogP) is 5.29. The second kappa shape index (κ2) is 10.1. The summed E-state index contributed by atoms with van der Waals surface area (Å²) in [6.45, 7) is 9.77. The van der Waals surface area contributed by atoms with Gasteiger partial charge in [-0.15, -0.1) is 0 Å². The molecule has 2 aromatic carbocycles. The lowest BCUT2D eigenvalue weighted by Gasteiger charge is -2.55. The first-order valence-electron chi connectivity index (χ1n) is 12.5. The number of esters is 3. The van der Waals surface area contributed by atoms with E-state index in [0.717, 1.165) is 0 Å². The molecule has 1 aliphatic heterocycles. The lowest BCUT2D eigenvalue weighted by atomic mass is 9.57. The topological polar surface area (TPSA) is 88.1 Å². The molecule has 1 heterocycles. The Morgan fingerprint density at radius 2 is 1.32 bits per heavy atom. The van der Waals surface area contributed by atoms with Gasteiger partial charge in [-0.05, 0) is 76.3 Å². The largest absolute Gasteiger partial charge is 0.467 e. The van der Waals surface area contributed by atoms with E-state index in [2.05, 4.69) is 6.58 Å². The summed E-state index contributed by atoms with van der Waals surface area (Å²) < 4.78 is 24.2. The highest BCUT2D eigenvalue weighted by Crippen LogP contribution is 2.58. The molecule has 0 radical (unpaired) electrons. The lowest BCUT2D eigenvalue weighted by Crippen LogP contribution is -2.69. The minimum Gasteiger partial charge on any atom is -0.467 e. The van der Waals surface area contributed by atoms with Crippen LogP contribution in [0.15, 0.2) is 72.8 Å². The SMILES string of the molecule is C=C1CC[C@H](OC(=O)c2ccccc2)[C@@]2(C)[C@@H](OC(=O)c3ccccc3)CCC(C)(C)O[C@@]12C(=O)OC. The molecule has 0 N–H and O–H groups in total. The Bertz CT molecular complexity index is 1160. The minimum atomic E-state index is -1.71. The molecule has 2 fully saturated rings. The molecule has 7 heteroatoms. The van der Waals surface area contributed by atoms with Crippen LogP contribution in [0.2, 0.25) is 0 Å². The molecule has 4 atom stereocenters. The van der Waals surface area contributed by atoms with Crippen molar-refractivity contribution >= 4 is 17.9 Å². The zero-order chi connectivity index (χ0) is 26.8. The second-order valence-corrected chi connectivity index (χ2v) is 10.5. The lowest BCUT2D eigenvalue weighted by molar-refractivity contribution is -0.236. The Labute approximate surface area is 217 Å². The molecule has 1 saturated heterocycles. The van der Waals surface area contributed by atoms with Gasteiger partial charge >= 0.3 is 17.9 Å². The average Bonchev–Trinajstić information content (AvgIpc) is 2.99. The van der Waals surface area contributed by atoms with Crippen LogP contribution in [0.4, 0.5) is 0 Å². The van der Waals surface area contributed by atoms with Crippen molar-refractivity contribution in [3.63, 3.8) is 0 Å². The van der Waals surface area contributed by atoms with E-state index in [1.807, 2.05) is 26.0 Å². The number of ether oxygens (including phenoxy) is 4. The van der Waals surface area contributed by atoms with E-state index in [4.69, 9.17) is 18.9 Å². The zero-order valence-electron chi connectivity index (χ0n) is 21.8. The van der Waals surface area contributed by atoms with Crippen LogP contribution in [0.1, 0.15) is 67.2 Å². The van der Waals surface area contributed by atoms with Crippen LogP contribution in [0, 0.1) is 5.41 Å². The molecule has 0 unspecified atom stereocenters. The van der Waals surface area contributed by atoms with Gasteiger partial charge in [0.2, 0.25) is 0 Å². The number of benzene rings is 2. The maximum Gasteiger partial charge on any atom is 0.343 e. The number of fused-ring (bicyclic) bond motifs is 1. The Balaban J connectivity index is 1.84. The van der Waals surface area contributed by atoms with Crippen molar-refractivity contribution in [3.8, 4) is 0 Å². The normalized spacial score (nSPS) is 28.8. The van der Waals surface area contributed by atoms with Crippen molar-refractivity contribution < 1.29 is 33.3 Å². The molecule has 0 bridgehead atoms. The van der Waals surface area contributed by atoms with Crippen molar-refractivity contribution in [1.82, 2.24) is 0 Å². The minimum absolute atomic E-state index is 0.368. The van der Waals surface area contributed by atoms with Gasteiger partial charge in [-0.1, -0.05) is 43.0 Å². The van der Waals surface area contributed by atoms with Gasteiger partial charge in [0.15, 0.2) is 5.60 Å². The fraction of sp³-hybridized carbons (Fsp3) is 0.433. The van der Waals surface area contributed by atoms with Crippen molar-refractivity contribution in [3.05, 3.63) is 83.9 Å². The van der Waals surface area contributed by atoms with Gasteiger partial charge in [0.1, 0.15) is 12.2 Å². The van der Waals surface area contributed by atoms with Crippen LogP contribution in [0.3, 0.4) is 0 Å². The highest BCUT2D eigenvalue weighted by atomic mass is 16.6. The number of hydrogen-bond donors (Lipinski definition) is 0. The first-order valence-corrected chi connectivity index (χ1v) is 12.5. The van der Waals surface area contributed by atoms with E-state index in [0.29, 0.717) is 42.4 Å². The van der Waals surface area contributed by atoms with Crippen LogP contribution < -0.4 is 0 Å². The standard InChI is InChI=1S/C30H34O7/c1-20-16-17-23(35-25(31)21-12-8-6-9-13-21)29(4)24(36-26(32)22-14-10-7-11-15-22)18-19-28(2,3)37-30(20,29)27(33)34-5/h6-15,23-24H,1,16-19H2,2-5H3/t23-,24-,29-,30+/m0/s1. The molecule has 37 heavy (non-hydrogen) atoms. The van der Waals surface area contributed by atoms with Gasteiger partial charge in [0.05, 0.1) is 29.3 Å². The molecule has 1 aliphatic carbocycles. The molecule has 4 rings (SSSR count).